The number of H-pyrrole nitrogens is 1. The summed E-state index contributed by atoms with van der Waals surface area (Å²) in [5.74, 6) is 0.174. The van der Waals surface area contributed by atoms with E-state index in [4.69, 9.17) is 4.99 Å². The second-order valence-electron chi connectivity index (χ2n) is 7.62. The molecule has 1 amide bonds. The van der Waals surface area contributed by atoms with E-state index in [1.165, 1.54) is 22.7 Å². The Kier molecular flexibility index (Phi) is 6.24. The van der Waals surface area contributed by atoms with Crippen molar-refractivity contribution < 1.29 is 9.90 Å². The molecule has 1 aliphatic heterocycles. The summed E-state index contributed by atoms with van der Waals surface area (Å²) in [5.41, 5.74) is 3.94. The Hall–Kier alpha value is -3.04. The van der Waals surface area contributed by atoms with E-state index in [0.717, 1.165) is 20.3 Å². The molecule has 0 aliphatic carbocycles. The van der Waals surface area contributed by atoms with Gasteiger partial charge in [-0.2, -0.15) is 0 Å². The van der Waals surface area contributed by atoms with Gasteiger partial charge in [-0.1, -0.05) is 42.5 Å². The van der Waals surface area contributed by atoms with Crippen molar-refractivity contribution in [3.63, 3.8) is 0 Å². The molecule has 0 atom stereocenters. The van der Waals surface area contributed by atoms with Crippen LogP contribution in [0, 0.1) is 3.57 Å². The third-order valence-corrected chi connectivity index (χ3v) is 7.29. The number of aromatic amines is 1. The standard InChI is InChI=1S/C26H20IN3O2S/c27-21-14-17(10-11-23(21)31)15-24-25(32)30(26(33-24)29-19-6-2-1-3-7-19)13-12-18-16-28-22-9-5-4-8-20(18)22/h1-11,14-16,28,31H,12-13H2/b24-15-,29-26?. The highest BCUT2D eigenvalue weighted by Gasteiger charge is 2.33. The number of nitrogens with zero attached hydrogens (tertiary/aromatic N) is 2. The van der Waals surface area contributed by atoms with E-state index < -0.39 is 0 Å². The van der Waals surface area contributed by atoms with Crippen LogP contribution >= 0.6 is 34.4 Å². The van der Waals surface area contributed by atoms with Gasteiger partial charge in [0.2, 0.25) is 0 Å². The van der Waals surface area contributed by atoms with E-state index in [1.807, 2.05) is 60.8 Å². The number of amides is 1. The average molecular weight is 565 g/mol. The van der Waals surface area contributed by atoms with E-state index in [0.29, 0.717) is 23.0 Å². The van der Waals surface area contributed by atoms with Gasteiger partial charge in [-0.3, -0.25) is 9.69 Å². The largest absolute Gasteiger partial charge is 0.507 e. The number of amidine groups is 1. The molecule has 0 radical (unpaired) electrons. The van der Waals surface area contributed by atoms with Crippen molar-refractivity contribution in [3.8, 4) is 5.75 Å². The van der Waals surface area contributed by atoms with Gasteiger partial charge in [-0.05, 0) is 88.3 Å². The van der Waals surface area contributed by atoms with Gasteiger partial charge in [0, 0.05) is 23.6 Å². The lowest BCUT2D eigenvalue weighted by atomic mass is 10.1. The topological polar surface area (TPSA) is 68.7 Å². The van der Waals surface area contributed by atoms with Crippen molar-refractivity contribution in [1.82, 2.24) is 9.88 Å². The molecule has 7 heteroatoms. The number of hydrogen-bond acceptors (Lipinski definition) is 4. The van der Waals surface area contributed by atoms with Crippen LogP contribution in [-0.4, -0.2) is 32.6 Å². The molecule has 0 bridgehead atoms. The fourth-order valence-electron chi connectivity index (χ4n) is 3.74. The highest BCUT2D eigenvalue weighted by atomic mass is 127. The molecule has 0 spiro atoms. The zero-order chi connectivity index (χ0) is 22.8. The van der Waals surface area contributed by atoms with E-state index in [-0.39, 0.29) is 11.7 Å². The average Bonchev–Trinajstić information content (AvgIpc) is 3.36. The SMILES string of the molecule is O=C1/C(=C/c2ccc(O)c(I)c2)SC(=Nc2ccccc2)N1CCc1c[nH]c2ccccc12. The van der Waals surface area contributed by atoms with Crippen LogP contribution in [0.2, 0.25) is 0 Å². The molecule has 5 rings (SSSR count). The van der Waals surface area contributed by atoms with Crippen LogP contribution in [0.5, 0.6) is 5.75 Å². The smallest absolute Gasteiger partial charge is 0.266 e. The Bertz CT molecular complexity index is 1400. The Morgan fingerprint density at radius 1 is 1.06 bits per heavy atom. The molecule has 1 fully saturated rings. The molecule has 5 nitrogen and oxygen atoms in total. The second-order valence-corrected chi connectivity index (χ2v) is 9.79. The first kappa shape index (κ1) is 21.8. The molecular formula is C26H20IN3O2S. The number of benzene rings is 3. The Morgan fingerprint density at radius 2 is 1.85 bits per heavy atom. The molecule has 1 saturated heterocycles. The molecule has 0 unspecified atom stereocenters. The number of fused-ring (bicyclic) bond motifs is 1. The predicted molar refractivity (Wildman–Crippen MR) is 144 cm³/mol. The van der Waals surface area contributed by atoms with Crippen LogP contribution in [-0.2, 0) is 11.2 Å². The summed E-state index contributed by atoms with van der Waals surface area (Å²) >= 11 is 3.47. The summed E-state index contributed by atoms with van der Waals surface area (Å²) < 4.78 is 0.742. The van der Waals surface area contributed by atoms with Gasteiger partial charge in [0.15, 0.2) is 5.17 Å². The van der Waals surface area contributed by atoms with Gasteiger partial charge in [0.05, 0.1) is 14.2 Å². The molecule has 1 aliphatic rings. The Morgan fingerprint density at radius 3 is 2.67 bits per heavy atom. The van der Waals surface area contributed by atoms with Crippen LogP contribution in [0.4, 0.5) is 5.69 Å². The first-order valence-corrected chi connectivity index (χ1v) is 12.4. The van der Waals surface area contributed by atoms with Crippen molar-refractivity contribution in [2.75, 3.05) is 6.54 Å². The molecule has 164 valence electrons. The van der Waals surface area contributed by atoms with E-state index in [1.54, 1.807) is 17.0 Å². The number of carbonyl (C=O) groups excluding carboxylic acids is 1. The Balaban J connectivity index is 1.46. The third kappa shape index (κ3) is 4.69. The maximum Gasteiger partial charge on any atom is 0.266 e. The summed E-state index contributed by atoms with van der Waals surface area (Å²) in [6.45, 7) is 0.532. The van der Waals surface area contributed by atoms with Crippen LogP contribution in [0.3, 0.4) is 0 Å². The lowest BCUT2D eigenvalue weighted by molar-refractivity contribution is -0.122. The number of aliphatic imine (C=N–C) groups is 1. The number of halogens is 1. The number of hydrogen-bond donors (Lipinski definition) is 2. The molecule has 2 N–H and O–H groups in total. The van der Waals surface area contributed by atoms with Crippen molar-refractivity contribution in [2.24, 2.45) is 4.99 Å². The van der Waals surface area contributed by atoms with Gasteiger partial charge in [0.25, 0.3) is 5.91 Å². The van der Waals surface area contributed by atoms with Gasteiger partial charge < -0.3 is 10.1 Å². The highest BCUT2D eigenvalue weighted by Crippen LogP contribution is 2.35. The summed E-state index contributed by atoms with van der Waals surface area (Å²) in [6, 6.07) is 23.2. The van der Waals surface area contributed by atoms with E-state index in [2.05, 4.69) is 39.7 Å². The van der Waals surface area contributed by atoms with Gasteiger partial charge >= 0.3 is 0 Å². The molecular weight excluding hydrogens is 545 g/mol. The van der Waals surface area contributed by atoms with Crippen molar-refractivity contribution in [2.45, 2.75) is 6.42 Å². The molecule has 33 heavy (non-hydrogen) atoms. The molecule has 3 aromatic carbocycles. The van der Waals surface area contributed by atoms with Gasteiger partial charge in [-0.25, -0.2) is 4.99 Å². The number of aromatic hydroxyl groups is 1. The van der Waals surface area contributed by atoms with Crippen LogP contribution in [0.15, 0.2) is 88.9 Å². The van der Waals surface area contributed by atoms with Crippen LogP contribution in [0.25, 0.3) is 17.0 Å². The summed E-state index contributed by atoms with van der Waals surface area (Å²) in [4.78, 5) is 23.8. The summed E-state index contributed by atoms with van der Waals surface area (Å²) in [5, 5.41) is 11.7. The zero-order valence-corrected chi connectivity index (χ0v) is 20.5. The summed E-state index contributed by atoms with van der Waals surface area (Å²) in [6.07, 6.45) is 4.59. The van der Waals surface area contributed by atoms with E-state index >= 15 is 0 Å². The number of para-hydroxylation sites is 2. The Labute approximate surface area is 209 Å². The van der Waals surface area contributed by atoms with Crippen LogP contribution in [0.1, 0.15) is 11.1 Å². The van der Waals surface area contributed by atoms with Crippen molar-refractivity contribution in [3.05, 3.63) is 98.6 Å². The second kappa shape index (κ2) is 9.44. The molecule has 1 aromatic heterocycles. The molecule has 0 saturated carbocycles. The van der Waals surface area contributed by atoms with Crippen molar-refractivity contribution >= 4 is 68.1 Å². The highest BCUT2D eigenvalue weighted by molar-refractivity contribution is 14.1. The normalized spacial score (nSPS) is 16.4. The zero-order valence-electron chi connectivity index (χ0n) is 17.5. The monoisotopic (exact) mass is 565 g/mol. The maximum absolute atomic E-state index is 13.4. The minimum atomic E-state index is -0.0578. The number of rotatable bonds is 5. The maximum atomic E-state index is 13.4. The molecule has 4 aromatic rings. The lowest BCUT2D eigenvalue weighted by Crippen LogP contribution is -2.31. The number of carbonyl (C=O) groups is 1. The first-order valence-electron chi connectivity index (χ1n) is 10.5. The summed E-state index contributed by atoms with van der Waals surface area (Å²) in [7, 11) is 0. The van der Waals surface area contributed by atoms with Gasteiger partial charge in [-0.15, -0.1) is 0 Å². The molecule has 2 heterocycles. The minimum absolute atomic E-state index is 0.0578. The first-order chi connectivity index (χ1) is 16.1. The number of phenols is 1. The van der Waals surface area contributed by atoms with Crippen molar-refractivity contribution in [1.29, 1.82) is 0 Å². The number of nitrogens with one attached hydrogen (secondary N) is 1. The third-order valence-electron chi connectivity index (χ3n) is 5.42. The van der Waals surface area contributed by atoms with Crippen LogP contribution < -0.4 is 0 Å². The number of aromatic nitrogens is 1. The fourth-order valence-corrected chi connectivity index (χ4v) is 5.30. The van der Waals surface area contributed by atoms with Gasteiger partial charge in [0.1, 0.15) is 5.75 Å². The van der Waals surface area contributed by atoms with E-state index in [9.17, 15) is 9.90 Å². The minimum Gasteiger partial charge on any atom is -0.507 e. The quantitative estimate of drug-likeness (QED) is 0.220. The predicted octanol–water partition coefficient (Wildman–Crippen LogP) is 6.32. The number of phenolic OH excluding ortho intramolecular Hbond substituents is 1. The number of thioether (sulfide) groups is 1. The lowest BCUT2D eigenvalue weighted by Gasteiger charge is -2.15. The fraction of sp³-hybridized carbons (Fsp3) is 0.0769.